The van der Waals surface area contributed by atoms with E-state index in [0.29, 0.717) is 12.6 Å². The Labute approximate surface area is 90.8 Å². The number of piperidine rings is 1. The fourth-order valence-electron chi connectivity index (χ4n) is 1.87. The van der Waals surface area contributed by atoms with Gasteiger partial charge in [-0.1, -0.05) is 0 Å². The Morgan fingerprint density at radius 1 is 1.40 bits per heavy atom. The second kappa shape index (κ2) is 6.76. The number of likely N-dealkylation sites (tertiary alicyclic amines) is 1. The maximum Gasteiger partial charge on any atom is 0.219 e. The zero-order valence-electron chi connectivity index (χ0n) is 9.33. The molecule has 0 atom stereocenters. The SMILES string of the molecule is CC(=O)N1CCC(NCCCNO)CC1. The first-order valence-electron chi connectivity index (χ1n) is 5.60. The lowest BCUT2D eigenvalue weighted by Crippen LogP contribution is -2.44. The summed E-state index contributed by atoms with van der Waals surface area (Å²) in [7, 11) is 0. The van der Waals surface area contributed by atoms with E-state index < -0.39 is 0 Å². The molecule has 1 fully saturated rings. The third-order valence-corrected chi connectivity index (χ3v) is 2.84. The van der Waals surface area contributed by atoms with Gasteiger partial charge in [-0.15, -0.1) is 0 Å². The summed E-state index contributed by atoms with van der Waals surface area (Å²) in [5.74, 6) is 0.179. The molecule has 0 aromatic carbocycles. The van der Waals surface area contributed by atoms with E-state index in [4.69, 9.17) is 5.21 Å². The van der Waals surface area contributed by atoms with Crippen molar-refractivity contribution in [3.63, 3.8) is 0 Å². The second-order valence-electron chi connectivity index (χ2n) is 4.00. The molecule has 1 aliphatic heterocycles. The van der Waals surface area contributed by atoms with Crippen molar-refractivity contribution in [1.82, 2.24) is 15.7 Å². The molecular weight excluding hydrogens is 194 g/mol. The van der Waals surface area contributed by atoms with Crippen molar-refractivity contribution in [1.29, 1.82) is 0 Å². The summed E-state index contributed by atoms with van der Waals surface area (Å²) in [5, 5.41) is 11.8. The van der Waals surface area contributed by atoms with Gasteiger partial charge in [0.2, 0.25) is 5.91 Å². The molecule has 5 nitrogen and oxygen atoms in total. The van der Waals surface area contributed by atoms with E-state index in [1.165, 1.54) is 0 Å². The van der Waals surface area contributed by atoms with E-state index in [1.54, 1.807) is 6.92 Å². The Hall–Kier alpha value is -0.650. The van der Waals surface area contributed by atoms with Crippen molar-refractivity contribution in [2.75, 3.05) is 26.2 Å². The van der Waals surface area contributed by atoms with Crippen LogP contribution in [-0.4, -0.2) is 48.2 Å². The molecule has 0 aromatic rings. The molecule has 5 heteroatoms. The average molecular weight is 215 g/mol. The number of rotatable bonds is 5. The first-order valence-corrected chi connectivity index (χ1v) is 5.60. The highest BCUT2D eigenvalue weighted by Crippen LogP contribution is 2.09. The molecule has 1 amide bonds. The van der Waals surface area contributed by atoms with Crippen LogP contribution in [0.3, 0.4) is 0 Å². The maximum absolute atomic E-state index is 11.1. The summed E-state index contributed by atoms with van der Waals surface area (Å²) in [6.07, 6.45) is 2.99. The number of nitrogens with one attached hydrogen (secondary N) is 2. The molecule has 1 saturated heterocycles. The van der Waals surface area contributed by atoms with Crippen LogP contribution in [0.15, 0.2) is 0 Å². The number of carbonyl (C=O) groups is 1. The lowest BCUT2D eigenvalue weighted by molar-refractivity contribution is -0.129. The van der Waals surface area contributed by atoms with Crippen LogP contribution < -0.4 is 10.8 Å². The van der Waals surface area contributed by atoms with E-state index in [0.717, 1.165) is 38.9 Å². The fourth-order valence-corrected chi connectivity index (χ4v) is 1.87. The highest BCUT2D eigenvalue weighted by atomic mass is 16.5. The smallest absolute Gasteiger partial charge is 0.219 e. The minimum Gasteiger partial charge on any atom is -0.343 e. The first kappa shape index (κ1) is 12.4. The van der Waals surface area contributed by atoms with Gasteiger partial charge in [0, 0.05) is 32.6 Å². The second-order valence-corrected chi connectivity index (χ2v) is 4.00. The minimum absolute atomic E-state index is 0.179. The van der Waals surface area contributed by atoms with Gasteiger partial charge in [-0.05, 0) is 25.8 Å². The lowest BCUT2D eigenvalue weighted by Gasteiger charge is -2.31. The van der Waals surface area contributed by atoms with E-state index in [2.05, 4.69) is 10.8 Å². The Kier molecular flexibility index (Phi) is 5.60. The van der Waals surface area contributed by atoms with Gasteiger partial charge in [0.25, 0.3) is 0 Å². The van der Waals surface area contributed by atoms with Crippen LogP contribution >= 0.6 is 0 Å². The molecule has 0 aliphatic carbocycles. The number of hydrogen-bond acceptors (Lipinski definition) is 4. The van der Waals surface area contributed by atoms with Crippen LogP contribution in [0.25, 0.3) is 0 Å². The summed E-state index contributed by atoms with van der Waals surface area (Å²) >= 11 is 0. The predicted molar refractivity (Wildman–Crippen MR) is 57.7 cm³/mol. The number of hydrogen-bond donors (Lipinski definition) is 3. The highest BCUT2D eigenvalue weighted by Gasteiger charge is 2.19. The molecular formula is C10H21N3O2. The summed E-state index contributed by atoms with van der Waals surface area (Å²) in [4.78, 5) is 13.0. The van der Waals surface area contributed by atoms with Crippen LogP contribution in [0.1, 0.15) is 26.2 Å². The molecule has 0 saturated carbocycles. The molecule has 0 aromatic heterocycles. The lowest BCUT2D eigenvalue weighted by atomic mass is 10.1. The zero-order chi connectivity index (χ0) is 11.1. The van der Waals surface area contributed by atoms with Gasteiger partial charge in [0.15, 0.2) is 0 Å². The first-order chi connectivity index (χ1) is 7.24. The van der Waals surface area contributed by atoms with Crippen molar-refractivity contribution in [2.24, 2.45) is 0 Å². The van der Waals surface area contributed by atoms with E-state index in [9.17, 15) is 4.79 Å². The third kappa shape index (κ3) is 4.59. The summed E-state index contributed by atoms with van der Waals surface area (Å²) < 4.78 is 0. The standard InChI is InChI=1S/C10H21N3O2/c1-9(14)13-7-3-10(4-8-13)11-5-2-6-12-15/h10-12,15H,2-8H2,1H3. The van der Waals surface area contributed by atoms with Gasteiger partial charge in [-0.2, -0.15) is 0 Å². The highest BCUT2D eigenvalue weighted by molar-refractivity contribution is 5.73. The molecule has 1 aliphatic rings. The monoisotopic (exact) mass is 215 g/mol. The van der Waals surface area contributed by atoms with Gasteiger partial charge in [0.1, 0.15) is 0 Å². The predicted octanol–water partition coefficient (Wildman–Crippen LogP) is -0.0442. The molecule has 88 valence electrons. The van der Waals surface area contributed by atoms with Gasteiger partial charge >= 0.3 is 0 Å². The van der Waals surface area contributed by atoms with Crippen LogP contribution in [0.4, 0.5) is 0 Å². The van der Waals surface area contributed by atoms with Gasteiger partial charge < -0.3 is 15.4 Å². The Morgan fingerprint density at radius 3 is 2.60 bits per heavy atom. The normalized spacial score (nSPS) is 18.1. The van der Waals surface area contributed by atoms with Crippen LogP contribution in [0.2, 0.25) is 0 Å². The van der Waals surface area contributed by atoms with Crippen molar-refractivity contribution in [3.8, 4) is 0 Å². The van der Waals surface area contributed by atoms with Crippen LogP contribution in [0, 0.1) is 0 Å². The van der Waals surface area contributed by atoms with Gasteiger partial charge in [-0.25, -0.2) is 5.48 Å². The molecule has 0 bridgehead atoms. The topological polar surface area (TPSA) is 64.6 Å². The molecule has 0 radical (unpaired) electrons. The van der Waals surface area contributed by atoms with E-state index in [1.807, 2.05) is 4.90 Å². The maximum atomic E-state index is 11.1. The molecule has 0 spiro atoms. The average Bonchev–Trinajstić information content (AvgIpc) is 2.25. The van der Waals surface area contributed by atoms with Crippen LogP contribution in [0.5, 0.6) is 0 Å². The summed E-state index contributed by atoms with van der Waals surface area (Å²) in [6, 6.07) is 0.527. The van der Waals surface area contributed by atoms with Crippen molar-refractivity contribution in [2.45, 2.75) is 32.2 Å². The summed E-state index contributed by atoms with van der Waals surface area (Å²) in [5.41, 5.74) is 2.13. The van der Waals surface area contributed by atoms with Crippen molar-refractivity contribution in [3.05, 3.63) is 0 Å². The molecule has 3 N–H and O–H groups in total. The van der Waals surface area contributed by atoms with Gasteiger partial charge in [0.05, 0.1) is 0 Å². The Balaban J connectivity index is 2.07. The molecule has 1 heterocycles. The molecule has 1 rings (SSSR count). The number of hydroxylamine groups is 1. The number of nitrogens with zero attached hydrogens (tertiary/aromatic N) is 1. The summed E-state index contributed by atoms with van der Waals surface area (Å²) in [6.45, 7) is 4.90. The van der Waals surface area contributed by atoms with Crippen molar-refractivity contribution < 1.29 is 10.0 Å². The van der Waals surface area contributed by atoms with E-state index >= 15 is 0 Å². The Morgan fingerprint density at radius 2 is 2.07 bits per heavy atom. The number of carbonyl (C=O) groups excluding carboxylic acids is 1. The Bertz CT molecular complexity index is 191. The minimum atomic E-state index is 0.179. The zero-order valence-corrected chi connectivity index (χ0v) is 9.33. The van der Waals surface area contributed by atoms with Gasteiger partial charge in [-0.3, -0.25) is 4.79 Å². The molecule has 15 heavy (non-hydrogen) atoms. The third-order valence-electron chi connectivity index (χ3n) is 2.84. The van der Waals surface area contributed by atoms with E-state index in [-0.39, 0.29) is 5.91 Å². The molecule has 0 unspecified atom stereocenters. The fraction of sp³-hybridized carbons (Fsp3) is 0.900. The largest absolute Gasteiger partial charge is 0.343 e. The number of amides is 1. The van der Waals surface area contributed by atoms with Crippen LogP contribution in [-0.2, 0) is 4.79 Å². The van der Waals surface area contributed by atoms with Crippen molar-refractivity contribution >= 4 is 5.91 Å². The quantitative estimate of drug-likeness (QED) is 0.444.